The lowest BCUT2D eigenvalue weighted by Crippen LogP contribution is -2.21. The maximum Gasteiger partial charge on any atom is 0.123 e. The van der Waals surface area contributed by atoms with Crippen LogP contribution in [0.5, 0.6) is 0 Å². The fraction of sp³-hybridized carbons (Fsp3) is 0.308. The first-order valence-electron chi connectivity index (χ1n) is 5.33. The lowest BCUT2D eigenvalue weighted by atomic mass is 10.1. The van der Waals surface area contributed by atoms with Crippen LogP contribution in [-0.4, -0.2) is 18.0 Å². The van der Waals surface area contributed by atoms with Crippen LogP contribution in [0.2, 0.25) is 0 Å². The molecule has 1 aromatic rings. The van der Waals surface area contributed by atoms with Gasteiger partial charge in [-0.25, -0.2) is 4.39 Å². The SMILES string of the molecule is CCN(CC)/C(=C/C#N)c1ccc(F)cc1. The molecule has 1 aromatic carbocycles. The second-order valence-corrected chi connectivity index (χ2v) is 3.34. The summed E-state index contributed by atoms with van der Waals surface area (Å²) in [4.78, 5) is 2.07. The van der Waals surface area contributed by atoms with Crippen molar-refractivity contribution in [3.05, 3.63) is 41.7 Å². The van der Waals surface area contributed by atoms with Crippen molar-refractivity contribution >= 4 is 5.70 Å². The van der Waals surface area contributed by atoms with Crippen molar-refractivity contribution in [2.45, 2.75) is 13.8 Å². The number of nitrogens with zero attached hydrogens (tertiary/aromatic N) is 2. The second-order valence-electron chi connectivity index (χ2n) is 3.34. The molecule has 0 amide bonds. The first-order valence-corrected chi connectivity index (χ1v) is 5.33. The predicted octanol–water partition coefficient (Wildman–Crippen LogP) is 3.03. The van der Waals surface area contributed by atoms with Crippen molar-refractivity contribution in [3.8, 4) is 6.07 Å². The molecule has 0 atom stereocenters. The van der Waals surface area contributed by atoms with E-state index >= 15 is 0 Å². The average Bonchev–Trinajstić information content (AvgIpc) is 2.31. The number of hydrogen-bond donors (Lipinski definition) is 0. The van der Waals surface area contributed by atoms with Gasteiger partial charge in [-0.05, 0) is 43.7 Å². The van der Waals surface area contributed by atoms with Crippen LogP contribution in [0.15, 0.2) is 30.3 Å². The quantitative estimate of drug-likeness (QED) is 0.726. The summed E-state index contributed by atoms with van der Waals surface area (Å²) in [6, 6.07) is 8.23. The molecule has 0 aliphatic rings. The van der Waals surface area contributed by atoms with E-state index in [1.807, 2.05) is 19.9 Å². The van der Waals surface area contributed by atoms with Gasteiger partial charge in [0.15, 0.2) is 0 Å². The Kier molecular flexibility index (Phi) is 4.53. The van der Waals surface area contributed by atoms with Crippen LogP contribution in [0, 0.1) is 17.1 Å². The van der Waals surface area contributed by atoms with E-state index in [0.29, 0.717) is 0 Å². The number of allylic oxidation sites excluding steroid dienone is 1. The summed E-state index contributed by atoms with van der Waals surface area (Å²) < 4.78 is 12.8. The Bertz CT molecular complexity index is 397. The van der Waals surface area contributed by atoms with E-state index < -0.39 is 0 Å². The molecule has 3 heteroatoms. The first kappa shape index (κ1) is 12.3. The number of benzene rings is 1. The molecule has 0 saturated carbocycles. The van der Waals surface area contributed by atoms with Gasteiger partial charge in [0.1, 0.15) is 5.82 Å². The fourth-order valence-electron chi connectivity index (χ4n) is 1.60. The minimum Gasteiger partial charge on any atom is -0.371 e. The summed E-state index contributed by atoms with van der Waals surface area (Å²) in [6.45, 7) is 5.69. The highest BCUT2D eigenvalue weighted by Gasteiger charge is 2.08. The van der Waals surface area contributed by atoms with Crippen LogP contribution in [0.4, 0.5) is 4.39 Å². The van der Waals surface area contributed by atoms with Gasteiger partial charge in [0, 0.05) is 19.2 Å². The zero-order valence-electron chi connectivity index (χ0n) is 9.57. The van der Waals surface area contributed by atoms with Gasteiger partial charge in [0.2, 0.25) is 0 Å². The molecule has 16 heavy (non-hydrogen) atoms. The van der Waals surface area contributed by atoms with Gasteiger partial charge in [-0.1, -0.05) is 0 Å². The van der Waals surface area contributed by atoms with Crippen molar-refractivity contribution in [1.82, 2.24) is 4.90 Å². The maximum atomic E-state index is 12.8. The third-order valence-corrected chi connectivity index (χ3v) is 2.45. The lowest BCUT2D eigenvalue weighted by Gasteiger charge is -2.23. The number of halogens is 1. The molecular weight excluding hydrogens is 203 g/mol. The Labute approximate surface area is 95.6 Å². The zero-order valence-corrected chi connectivity index (χ0v) is 9.57. The Morgan fingerprint density at radius 1 is 1.31 bits per heavy atom. The Morgan fingerprint density at radius 3 is 2.31 bits per heavy atom. The van der Waals surface area contributed by atoms with Gasteiger partial charge in [-0.3, -0.25) is 0 Å². The van der Waals surface area contributed by atoms with Crippen molar-refractivity contribution in [1.29, 1.82) is 5.26 Å². The minimum absolute atomic E-state index is 0.264. The van der Waals surface area contributed by atoms with Crippen molar-refractivity contribution in [2.24, 2.45) is 0 Å². The summed E-state index contributed by atoms with van der Waals surface area (Å²) in [5, 5.41) is 8.77. The molecule has 0 unspecified atom stereocenters. The van der Waals surface area contributed by atoms with Crippen LogP contribution in [0.3, 0.4) is 0 Å². The first-order chi connectivity index (χ1) is 7.72. The third-order valence-electron chi connectivity index (χ3n) is 2.45. The van der Waals surface area contributed by atoms with Crippen LogP contribution >= 0.6 is 0 Å². The minimum atomic E-state index is -0.264. The molecule has 0 aromatic heterocycles. The molecule has 0 saturated heterocycles. The largest absolute Gasteiger partial charge is 0.371 e. The topological polar surface area (TPSA) is 27.0 Å². The van der Waals surface area contributed by atoms with Gasteiger partial charge in [0.25, 0.3) is 0 Å². The van der Waals surface area contributed by atoms with E-state index in [1.54, 1.807) is 12.1 Å². The Morgan fingerprint density at radius 2 is 1.88 bits per heavy atom. The van der Waals surface area contributed by atoms with Crippen molar-refractivity contribution in [3.63, 3.8) is 0 Å². The number of rotatable bonds is 4. The summed E-state index contributed by atoms with van der Waals surface area (Å²) in [5.41, 5.74) is 1.71. The lowest BCUT2D eigenvalue weighted by molar-refractivity contribution is 0.442. The molecule has 1 rings (SSSR count). The van der Waals surface area contributed by atoms with Crippen molar-refractivity contribution in [2.75, 3.05) is 13.1 Å². The summed E-state index contributed by atoms with van der Waals surface area (Å²) >= 11 is 0. The molecule has 0 radical (unpaired) electrons. The molecule has 0 heterocycles. The highest BCUT2D eigenvalue weighted by atomic mass is 19.1. The maximum absolute atomic E-state index is 12.8. The average molecular weight is 218 g/mol. The van der Waals surface area contributed by atoms with E-state index in [0.717, 1.165) is 24.4 Å². The molecular formula is C13H15FN2. The number of nitriles is 1. The van der Waals surface area contributed by atoms with Gasteiger partial charge >= 0.3 is 0 Å². The van der Waals surface area contributed by atoms with Crippen LogP contribution in [-0.2, 0) is 0 Å². The molecule has 84 valence electrons. The summed E-state index contributed by atoms with van der Waals surface area (Å²) in [7, 11) is 0. The van der Waals surface area contributed by atoms with Crippen LogP contribution < -0.4 is 0 Å². The van der Waals surface area contributed by atoms with Gasteiger partial charge < -0.3 is 4.90 Å². The second kappa shape index (κ2) is 5.92. The van der Waals surface area contributed by atoms with Gasteiger partial charge in [-0.15, -0.1) is 0 Å². The zero-order chi connectivity index (χ0) is 12.0. The highest BCUT2D eigenvalue weighted by Crippen LogP contribution is 2.18. The van der Waals surface area contributed by atoms with E-state index in [1.165, 1.54) is 18.2 Å². The predicted molar refractivity (Wildman–Crippen MR) is 62.9 cm³/mol. The monoisotopic (exact) mass is 218 g/mol. The van der Waals surface area contributed by atoms with Crippen molar-refractivity contribution < 1.29 is 4.39 Å². The standard InChI is InChI=1S/C13H15FN2/c1-3-16(4-2)13(9-10-15)11-5-7-12(14)8-6-11/h5-9H,3-4H2,1-2H3/b13-9+. The van der Waals surface area contributed by atoms with Crippen LogP contribution in [0.1, 0.15) is 19.4 Å². The summed E-state index contributed by atoms with van der Waals surface area (Å²) in [6.07, 6.45) is 1.50. The highest BCUT2D eigenvalue weighted by molar-refractivity contribution is 5.66. The summed E-state index contributed by atoms with van der Waals surface area (Å²) in [5.74, 6) is -0.264. The van der Waals surface area contributed by atoms with E-state index in [4.69, 9.17) is 5.26 Å². The van der Waals surface area contributed by atoms with E-state index in [9.17, 15) is 4.39 Å². The molecule has 0 spiro atoms. The number of hydrogen-bond acceptors (Lipinski definition) is 2. The fourth-order valence-corrected chi connectivity index (χ4v) is 1.60. The Balaban J connectivity index is 3.08. The third kappa shape index (κ3) is 2.83. The smallest absolute Gasteiger partial charge is 0.123 e. The molecule has 2 nitrogen and oxygen atoms in total. The van der Waals surface area contributed by atoms with E-state index in [2.05, 4.69) is 4.90 Å². The Hall–Kier alpha value is -1.82. The van der Waals surface area contributed by atoms with Gasteiger partial charge in [-0.2, -0.15) is 5.26 Å². The molecule has 0 bridgehead atoms. The molecule has 0 aliphatic heterocycles. The molecule has 0 fully saturated rings. The molecule has 0 aliphatic carbocycles. The normalized spacial score (nSPS) is 11.0. The molecule has 0 N–H and O–H groups in total. The van der Waals surface area contributed by atoms with Gasteiger partial charge in [0.05, 0.1) is 11.8 Å². The van der Waals surface area contributed by atoms with E-state index in [-0.39, 0.29) is 5.82 Å². The van der Waals surface area contributed by atoms with Crippen LogP contribution in [0.25, 0.3) is 5.70 Å².